The van der Waals surface area contributed by atoms with E-state index >= 15 is 0 Å². The highest BCUT2D eigenvalue weighted by Crippen LogP contribution is 2.39. The molecule has 0 saturated heterocycles. The number of para-hydroxylation sites is 2. The fraction of sp³-hybridized carbons (Fsp3) is 0.347. The van der Waals surface area contributed by atoms with Gasteiger partial charge in [0.2, 0.25) is 23.4 Å². The Morgan fingerprint density at radius 3 is 1.24 bits per heavy atom. The Morgan fingerprint density at radius 2 is 0.905 bits per heavy atom. The number of rotatable bonds is 20. The van der Waals surface area contributed by atoms with Crippen LogP contribution in [0.25, 0.3) is 34.5 Å². The maximum absolute atomic E-state index is 13.6. The first-order chi connectivity index (χ1) is 35.4. The fourth-order valence-corrected chi connectivity index (χ4v) is 10.6. The van der Waals surface area contributed by atoms with Crippen LogP contribution in [-0.2, 0) is 31.2 Å². The van der Waals surface area contributed by atoms with Gasteiger partial charge in [0, 0.05) is 5.92 Å². The maximum Gasteiger partial charge on any atom is 0.231 e. The molecule has 6 aromatic heterocycles. The average Bonchev–Trinajstić information content (AvgIpc) is 4.24. The number of furan rings is 2. The van der Waals surface area contributed by atoms with Gasteiger partial charge in [0.25, 0.3) is 0 Å². The Bertz CT molecular complexity index is 3140. The Hall–Kier alpha value is -7.90. The second-order valence-corrected chi connectivity index (χ2v) is 21.3. The number of benzene rings is 2. The third-order valence-corrected chi connectivity index (χ3v) is 16.3. The minimum Gasteiger partial charge on any atom is -0.494 e. The molecule has 74 heavy (non-hydrogen) atoms. The molecule has 0 saturated carbocycles. The van der Waals surface area contributed by atoms with Gasteiger partial charge in [-0.15, -0.1) is 20.4 Å². The van der Waals surface area contributed by atoms with Gasteiger partial charge in [-0.25, -0.2) is 26.8 Å². The molecule has 0 spiro atoms. The predicted molar refractivity (Wildman–Crippen MR) is 269 cm³/mol. The summed E-state index contributed by atoms with van der Waals surface area (Å²) in [6, 6.07) is 17.5. The molecule has 8 rings (SSSR count). The molecule has 392 valence electrons. The SMILES string of the molecule is COc1cnc([C@@H](O)[C@H](C)S(=O)(=O)Cc2nnc(-c3ccc(C)o3)n2-c2c(OC)cccc2OC)cn1.COc1cnc([C@H](C)[C@@H](C)S(=O)(=O)Cc2nnc(-c3ccc(C)o3)n2-c2c(OC)cccc2OC)cn1. The summed E-state index contributed by atoms with van der Waals surface area (Å²) in [5.74, 6) is 3.90. The molecule has 0 amide bonds. The van der Waals surface area contributed by atoms with E-state index in [9.17, 15) is 21.9 Å². The van der Waals surface area contributed by atoms with Crippen LogP contribution in [0.15, 0.2) is 94.3 Å². The van der Waals surface area contributed by atoms with E-state index in [1.54, 1.807) is 86.0 Å². The second-order valence-electron chi connectivity index (χ2n) is 16.6. The van der Waals surface area contributed by atoms with Crippen LogP contribution >= 0.6 is 0 Å². The molecular weight excluding hydrogens is 1000 g/mol. The number of aliphatic hydroxyl groups excluding tert-OH is 1. The van der Waals surface area contributed by atoms with E-state index in [4.69, 9.17) is 37.3 Å². The van der Waals surface area contributed by atoms with Gasteiger partial charge in [0.15, 0.2) is 42.8 Å². The number of aromatic nitrogens is 10. The lowest BCUT2D eigenvalue weighted by molar-refractivity contribution is 0.170. The summed E-state index contributed by atoms with van der Waals surface area (Å²) in [5.41, 5.74) is 1.50. The molecule has 0 unspecified atom stereocenters. The van der Waals surface area contributed by atoms with Crippen molar-refractivity contribution in [3.8, 4) is 69.3 Å². The summed E-state index contributed by atoms with van der Waals surface area (Å²) in [7, 11) is 1.21. The Kier molecular flexibility index (Phi) is 16.7. The lowest BCUT2D eigenvalue weighted by atomic mass is 10.1. The van der Waals surface area contributed by atoms with E-state index in [1.807, 2.05) is 6.92 Å². The van der Waals surface area contributed by atoms with Crippen LogP contribution in [-0.4, -0.2) is 125 Å². The quantitative estimate of drug-likeness (QED) is 0.0858. The van der Waals surface area contributed by atoms with Gasteiger partial charge in [-0.3, -0.25) is 19.1 Å². The number of aryl methyl sites for hydroxylation is 2. The standard InChI is InChI=1S/C25H29N5O6S.C24H27N5O7S/c1-15-10-11-21(36-15)25-29-28-22(30(25)24-19(33-4)8-7-9-20(24)34-5)14-37(31,32)17(3)16(2)18-12-27-23(35-6)13-26-18;1-14-9-10-19(36-14)24-28-27-20(29(24)22-17(33-3)7-6-8-18(22)34-4)13-37(31,32)15(2)23(30)16-11-26-21(35-5)12-25-16/h7-13,16-17H,14H2,1-6H3;6-12,15,23,30H,13H2,1-5H3/t16-,17-;15-,23-/m10/s1. The van der Waals surface area contributed by atoms with E-state index in [1.165, 1.54) is 78.9 Å². The largest absolute Gasteiger partial charge is 0.494 e. The first kappa shape index (κ1) is 53.9. The third kappa shape index (κ3) is 11.3. The van der Waals surface area contributed by atoms with Crippen molar-refractivity contribution < 1.29 is 59.2 Å². The number of hydrogen-bond donors (Lipinski definition) is 1. The summed E-state index contributed by atoms with van der Waals surface area (Å²) in [6.45, 7) is 8.43. The second kappa shape index (κ2) is 22.9. The summed E-state index contributed by atoms with van der Waals surface area (Å²) in [6.07, 6.45) is 4.13. The summed E-state index contributed by atoms with van der Waals surface area (Å²) >= 11 is 0. The van der Waals surface area contributed by atoms with E-state index in [0.717, 1.165) is 0 Å². The molecule has 0 aliphatic rings. The lowest BCUT2D eigenvalue weighted by Gasteiger charge is -2.21. The van der Waals surface area contributed by atoms with Gasteiger partial charge in [-0.05, 0) is 76.2 Å². The predicted octanol–water partition coefficient (Wildman–Crippen LogP) is 6.45. The Morgan fingerprint density at radius 1 is 0.514 bits per heavy atom. The van der Waals surface area contributed by atoms with Gasteiger partial charge in [-0.2, -0.15) is 0 Å². The minimum atomic E-state index is -3.99. The van der Waals surface area contributed by atoms with Crippen LogP contribution in [0, 0.1) is 13.8 Å². The van der Waals surface area contributed by atoms with Crippen LogP contribution in [0.4, 0.5) is 0 Å². The molecule has 6 heterocycles. The molecule has 4 atom stereocenters. The molecule has 2 aromatic carbocycles. The zero-order chi connectivity index (χ0) is 53.5. The topological polar surface area (TPSA) is 283 Å². The fourth-order valence-electron chi connectivity index (χ4n) is 7.68. The van der Waals surface area contributed by atoms with Crippen molar-refractivity contribution in [1.29, 1.82) is 0 Å². The van der Waals surface area contributed by atoms with Gasteiger partial charge >= 0.3 is 0 Å². The number of sulfone groups is 2. The Labute approximate surface area is 427 Å². The molecule has 8 aromatic rings. The highest BCUT2D eigenvalue weighted by atomic mass is 32.2. The molecule has 25 heteroatoms. The zero-order valence-electron chi connectivity index (χ0n) is 42.4. The van der Waals surface area contributed by atoms with Gasteiger partial charge in [0.1, 0.15) is 63.5 Å². The highest BCUT2D eigenvalue weighted by Gasteiger charge is 2.35. The zero-order valence-corrected chi connectivity index (χ0v) is 44.1. The highest BCUT2D eigenvalue weighted by molar-refractivity contribution is 7.91. The van der Waals surface area contributed by atoms with Crippen molar-refractivity contribution in [1.82, 2.24) is 49.5 Å². The minimum absolute atomic E-state index is 0.0757. The molecule has 0 bridgehead atoms. The molecule has 0 fully saturated rings. The van der Waals surface area contributed by atoms with Crippen LogP contribution in [0.1, 0.15) is 67.4 Å². The third-order valence-electron chi connectivity index (χ3n) is 12.1. The smallest absolute Gasteiger partial charge is 0.231 e. The molecular formula is C49H56N10O13S2. The maximum atomic E-state index is 13.6. The van der Waals surface area contributed by atoms with E-state index in [-0.39, 0.29) is 29.0 Å². The van der Waals surface area contributed by atoms with Crippen molar-refractivity contribution >= 4 is 19.7 Å². The van der Waals surface area contributed by atoms with Gasteiger partial charge in [0.05, 0.1) is 89.3 Å². The molecule has 23 nitrogen and oxygen atoms in total. The summed E-state index contributed by atoms with van der Waals surface area (Å²) < 4.78 is 101. The lowest BCUT2D eigenvalue weighted by Crippen LogP contribution is -2.28. The first-order valence-corrected chi connectivity index (χ1v) is 26.1. The molecule has 0 aliphatic heterocycles. The first-order valence-electron chi connectivity index (χ1n) is 22.7. The van der Waals surface area contributed by atoms with Gasteiger partial charge < -0.3 is 42.4 Å². The average molecular weight is 1060 g/mol. The van der Waals surface area contributed by atoms with Crippen molar-refractivity contribution in [3.63, 3.8) is 0 Å². The van der Waals surface area contributed by atoms with E-state index in [0.29, 0.717) is 74.8 Å². The van der Waals surface area contributed by atoms with Gasteiger partial charge in [-0.1, -0.05) is 19.1 Å². The van der Waals surface area contributed by atoms with Crippen LogP contribution < -0.4 is 28.4 Å². The van der Waals surface area contributed by atoms with Crippen LogP contribution in [0.3, 0.4) is 0 Å². The monoisotopic (exact) mass is 1060 g/mol. The van der Waals surface area contributed by atoms with Crippen LogP contribution in [0.5, 0.6) is 34.8 Å². The van der Waals surface area contributed by atoms with Crippen molar-refractivity contribution in [2.45, 2.75) is 68.6 Å². The summed E-state index contributed by atoms with van der Waals surface area (Å²) in [4.78, 5) is 16.5. The number of ether oxygens (including phenoxy) is 6. The molecule has 1 N–H and O–H groups in total. The molecule has 0 radical (unpaired) electrons. The van der Waals surface area contributed by atoms with Crippen molar-refractivity contribution in [2.75, 3.05) is 42.7 Å². The normalized spacial score (nSPS) is 13.2. The van der Waals surface area contributed by atoms with Crippen LogP contribution in [0.2, 0.25) is 0 Å². The van der Waals surface area contributed by atoms with Crippen molar-refractivity contribution in [3.05, 3.63) is 120 Å². The molecule has 0 aliphatic carbocycles. The number of methoxy groups -OCH3 is 6. The Balaban J connectivity index is 0.000000216. The number of aliphatic hydroxyl groups is 1. The number of nitrogens with zero attached hydrogens (tertiary/aromatic N) is 10. The number of hydrogen-bond acceptors (Lipinski definition) is 21. The van der Waals surface area contributed by atoms with Crippen molar-refractivity contribution in [2.24, 2.45) is 0 Å². The summed E-state index contributed by atoms with van der Waals surface area (Å²) in [5, 5.41) is 25.7. The van der Waals surface area contributed by atoms with E-state index < -0.39 is 53.7 Å². The van der Waals surface area contributed by atoms with E-state index in [2.05, 4.69) is 40.3 Å².